The van der Waals surface area contributed by atoms with Crippen molar-refractivity contribution >= 4 is 21.1 Å². The molecule has 0 saturated heterocycles. The first-order valence-corrected chi connectivity index (χ1v) is 9.14. The molecule has 9 heteroatoms. The van der Waals surface area contributed by atoms with E-state index in [0.29, 0.717) is 33.8 Å². The van der Waals surface area contributed by atoms with E-state index in [2.05, 4.69) is 0 Å². The third-order valence-corrected chi connectivity index (χ3v) is 4.31. The highest BCUT2D eigenvalue weighted by Gasteiger charge is 2.22. The van der Waals surface area contributed by atoms with E-state index in [0.717, 1.165) is 6.26 Å². The van der Waals surface area contributed by atoms with Crippen molar-refractivity contribution in [1.29, 1.82) is 0 Å². The Bertz CT molecular complexity index is 943. The third-order valence-electron chi connectivity index (χ3n) is 3.72. The van der Waals surface area contributed by atoms with Crippen LogP contribution in [0.15, 0.2) is 15.3 Å². The Morgan fingerprint density at radius 3 is 2.24 bits per heavy atom. The Hall–Kier alpha value is -2.26. The van der Waals surface area contributed by atoms with Crippen LogP contribution in [0.5, 0.6) is 17.2 Å². The van der Waals surface area contributed by atoms with Crippen LogP contribution in [0.25, 0.3) is 11.0 Å². The fourth-order valence-corrected chi connectivity index (χ4v) is 3.01. The number of ether oxygens (including phenoxy) is 3. The molecule has 0 spiro atoms. The van der Waals surface area contributed by atoms with E-state index >= 15 is 0 Å². The van der Waals surface area contributed by atoms with Gasteiger partial charge < -0.3 is 18.6 Å². The molecule has 0 aliphatic heterocycles. The minimum Gasteiger partial charge on any atom is -0.493 e. The second-order valence-electron chi connectivity index (χ2n) is 5.29. The van der Waals surface area contributed by atoms with Crippen LogP contribution in [0.3, 0.4) is 0 Å². The highest BCUT2D eigenvalue weighted by molar-refractivity contribution is 7.85. The van der Waals surface area contributed by atoms with Crippen molar-refractivity contribution in [1.82, 2.24) is 0 Å². The third kappa shape index (κ3) is 3.88. The molecule has 25 heavy (non-hydrogen) atoms. The fraction of sp³-hybridized carbons (Fsp3) is 0.438. The van der Waals surface area contributed by atoms with Gasteiger partial charge in [-0.25, -0.2) is 4.79 Å². The maximum atomic E-state index is 12.3. The highest BCUT2D eigenvalue weighted by Crippen LogP contribution is 2.44. The van der Waals surface area contributed by atoms with Crippen LogP contribution >= 0.6 is 0 Å². The summed E-state index contributed by atoms with van der Waals surface area (Å²) in [6.07, 6.45) is 1.03. The molecule has 0 fully saturated rings. The number of fused-ring (bicyclic) bond motifs is 1. The van der Waals surface area contributed by atoms with Crippen molar-refractivity contribution in [3.05, 3.63) is 27.6 Å². The lowest BCUT2D eigenvalue weighted by Gasteiger charge is -2.16. The minimum absolute atomic E-state index is 0.0781. The van der Waals surface area contributed by atoms with Crippen molar-refractivity contribution in [2.45, 2.75) is 13.3 Å². The van der Waals surface area contributed by atoms with Gasteiger partial charge in [-0.05, 0) is 12.5 Å². The zero-order chi connectivity index (χ0) is 18.8. The van der Waals surface area contributed by atoms with Gasteiger partial charge in [0, 0.05) is 18.1 Å². The van der Waals surface area contributed by atoms with Gasteiger partial charge in [0.25, 0.3) is 10.1 Å². The highest BCUT2D eigenvalue weighted by atomic mass is 32.2. The number of benzene rings is 1. The maximum Gasteiger partial charge on any atom is 0.339 e. The summed E-state index contributed by atoms with van der Waals surface area (Å²) in [7, 11) is 0.814. The normalized spacial score (nSPS) is 11.6. The lowest BCUT2D eigenvalue weighted by molar-refractivity contribution is 0.322. The molecule has 1 aromatic heterocycles. The Morgan fingerprint density at radius 2 is 1.72 bits per heavy atom. The molecule has 0 aliphatic rings. The molecule has 0 bridgehead atoms. The van der Waals surface area contributed by atoms with Gasteiger partial charge in [0.05, 0.1) is 39.6 Å². The summed E-state index contributed by atoms with van der Waals surface area (Å²) in [6.45, 7) is 1.56. The molecule has 0 unspecified atom stereocenters. The Balaban J connectivity index is 2.65. The van der Waals surface area contributed by atoms with E-state index in [-0.39, 0.29) is 18.6 Å². The molecule has 1 heterocycles. The Labute approximate surface area is 145 Å². The summed E-state index contributed by atoms with van der Waals surface area (Å²) in [4.78, 5) is 12.3. The monoisotopic (exact) mass is 372 g/mol. The van der Waals surface area contributed by atoms with E-state index in [1.807, 2.05) is 0 Å². The van der Waals surface area contributed by atoms with Gasteiger partial charge >= 0.3 is 5.63 Å². The van der Waals surface area contributed by atoms with Crippen LogP contribution in [0.4, 0.5) is 0 Å². The first-order chi connectivity index (χ1) is 11.7. The average Bonchev–Trinajstić information content (AvgIpc) is 2.54. The number of methoxy groups -OCH3 is 3. The summed E-state index contributed by atoms with van der Waals surface area (Å²) in [5.41, 5.74) is 0.615. The van der Waals surface area contributed by atoms with Crippen LogP contribution in [0, 0.1) is 6.92 Å². The summed E-state index contributed by atoms with van der Waals surface area (Å²) in [5.74, 6) is 1.10. The van der Waals surface area contributed by atoms with E-state index in [1.165, 1.54) is 21.3 Å². The molecule has 0 radical (unpaired) electrons. The SMILES string of the molecule is COc1cc2oc(=O)c(CCOS(C)(=O)=O)c(C)c2c(OC)c1OC. The van der Waals surface area contributed by atoms with Crippen molar-refractivity contribution in [2.24, 2.45) is 0 Å². The molecular formula is C16H20O8S. The number of hydrogen-bond donors (Lipinski definition) is 0. The first kappa shape index (κ1) is 19.1. The first-order valence-electron chi connectivity index (χ1n) is 7.33. The molecule has 0 amide bonds. The molecule has 2 rings (SSSR count). The Morgan fingerprint density at radius 1 is 1.08 bits per heavy atom. The zero-order valence-corrected chi connectivity index (χ0v) is 15.5. The van der Waals surface area contributed by atoms with Gasteiger partial charge in [-0.15, -0.1) is 0 Å². The van der Waals surface area contributed by atoms with Gasteiger partial charge in [0.1, 0.15) is 5.58 Å². The van der Waals surface area contributed by atoms with Crippen molar-refractivity contribution < 1.29 is 31.2 Å². The van der Waals surface area contributed by atoms with Crippen LogP contribution in [-0.2, 0) is 20.7 Å². The molecular weight excluding hydrogens is 352 g/mol. The molecule has 2 aromatic rings. The quantitative estimate of drug-likeness (QED) is 0.534. The maximum absolute atomic E-state index is 12.3. The molecule has 0 N–H and O–H groups in total. The van der Waals surface area contributed by atoms with Crippen molar-refractivity contribution in [3.8, 4) is 17.2 Å². The lowest BCUT2D eigenvalue weighted by Crippen LogP contribution is -2.15. The van der Waals surface area contributed by atoms with Gasteiger partial charge in [-0.3, -0.25) is 4.18 Å². The zero-order valence-electron chi connectivity index (χ0n) is 14.7. The van der Waals surface area contributed by atoms with Gasteiger partial charge in [0.2, 0.25) is 5.75 Å². The second-order valence-corrected chi connectivity index (χ2v) is 6.93. The molecule has 1 aromatic carbocycles. The summed E-state index contributed by atoms with van der Waals surface area (Å²) in [5, 5.41) is 0.550. The lowest BCUT2D eigenvalue weighted by atomic mass is 10.0. The Kier molecular flexibility index (Phi) is 5.58. The number of rotatable bonds is 7. The second kappa shape index (κ2) is 7.32. The summed E-state index contributed by atoms with van der Waals surface area (Å²) < 4.78 is 48.3. The van der Waals surface area contributed by atoms with Crippen molar-refractivity contribution in [2.75, 3.05) is 34.2 Å². The van der Waals surface area contributed by atoms with E-state index in [9.17, 15) is 13.2 Å². The molecule has 0 saturated carbocycles. The van der Waals surface area contributed by atoms with Crippen LogP contribution < -0.4 is 19.8 Å². The average molecular weight is 372 g/mol. The standard InChI is InChI=1S/C16H20O8S/c1-9-10(6-7-23-25(5,18)19)16(17)24-11-8-12(20-2)14(21-3)15(22-4)13(9)11/h8H,6-7H2,1-5H3. The molecule has 8 nitrogen and oxygen atoms in total. The van der Waals surface area contributed by atoms with Crippen LogP contribution in [0.1, 0.15) is 11.1 Å². The van der Waals surface area contributed by atoms with Gasteiger partial charge in [-0.2, -0.15) is 8.42 Å². The summed E-state index contributed by atoms with van der Waals surface area (Å²) >= 11 is 0. The van der Waals surface area contributed by atoms with Crippen molar-refractivity contribution in [3.63, 3.8) is 0 Å². The molecule has 138 valence electrons. The van der Waals surface area contributed by atoms with E-state index in [4.69, 9.17) is 22.8 Å². The topological polar surface area (TPSA) is 101 Å². The van der Waals surface area contributed by atoms with Gasteiger partial charge in [-0.1, -0.05) is 0 Å². The van der Waals surface area contributed by atoms with E-state index in [1.54, 1.807) is 13.0 Å². The molecule has 0 atom stereocenters. The number of aryl methyl sites for hydroxylation is 1. The smallest absolute Gasteiger partial charge is 0.339 e. The predicted octanol–water partition coefficient (Wildman–Crippen LogP) is 1.65. The summed E-state index contributed by atoms with van der Waals surface area (Å²) in [6, 6.07) is 1.54. The minimum atomic E-state index is -3.59. The number of hydrogen-bond acceptors (Lipinski definition) is 8. The molecule has 0 aliphatic carbocycles. The van der Waals surface area contributed by atoms with Crippen LogP contribution in [0.2, 0.25) is 0 Å². The van der Waals surface area contributed by atoms with Crippen LogP contribution in [-0.4, -0.2) is 42.6 Å². The fourth-order valence-electron chi connectivity index (χ4n) is 2.62. The predicted molar refractivity (Wildman–Crippen MR) is 91.4 cm³/mol. The van der Waals surface area contributed by atoms with Gasteiger partial charge in [0.15, 0.2) is 11.5 Å². The largest absolute Gasteiger partial charge is 0.493 e. The van der Waals surface area contributed by atoms with E-state index < -0.39 is 15.7 Å².